The molecule has 0 spiro atoms. The third kappa shape index (κ3) is 10.4. The van der Waals surface area contributed by atoms with Gasteiger partial charge in [0.2, 0.25) is 5.96 Å². The van der Waals surface area contributed by atoms with E-state index in [1.807, 2.05) is 48.5 Å². The summed E-state index contributed by atoms with van der Waals surface area (Å²) in [6.45, 7) is 29.2. The summed E-state index contributed by atoms with van der Waals surface area (Å²) in [5.74, 6) is -0.666. The number of nitrogens with zero attached hydrogens (tertiary/aromatic N) is 3. The SMILES string of the molecule is CC(C)[Si]1(C(C)C)OC[C@H]2O[C@@H](N3C=NC4C(=O)NC(NC(=O)COc5ccc(C(C)(C)C)cc5)=NC43)[C@H](OC(=O)COc3ccc(C(C)(C)C)cc3)[C@@H]2O[Si](C(C)C)(C(C)C)O1. The van der Waals surface area contributed by atoms with Crippen molar-refractivity contribution in [2.24, 2.45) is 9.98 Å². The lowest BCUT2D eigenvalue weighted by molar-refractivity contribution is -0.163. The standard InChI is InChI=1S/C46H69N5O10Si2/c1-27(2)62(28(3)4)57-23-35-39(60-63(61-62,29(5)6)30(7)8)40(59-37(53)25-56-34-21-17-32(18-22-34)46(12,13)14)43(58-35)51-26-47-38-41(51)49-44(50-42(38)54)48-36(52)24-55-33-19-15-31(16-20-33)45(9,10)11/h15-22,26-30,35,38-41,43H,23-25H2,1-14H3,(H2,48,49,50,52,54)/t35-,38?,39-,40-,41?,43-/m1/s1. The molecule has 0 aromatic heterocycles. The third-order valence-electron chi connectivity index (χ3n) is 12.3. The molecule has 0 radical (unpaired) electrons. The average Bonchev–Trinajstić information content (AvgIpc) is 3.76. The van der Waals surface area contributed by atoms with Crippen LogP contribution < -0.4 is 20.1 Å². The van der Waals surface area contributed by atoms with Crippen molar-refractivity contribution in [1.29, 1.82) is 0 Å². The molecule has 4 aliphatic rings. The zero-order valence-electron chi connectivity index (χ0n) is 39.5. The Kier molecular flexibility index (Phi) is 14.4. The van der Waals surface area contributed by atoms with E-state index in [1.165, 1.54) is 6.34 Å². The molecule has 0 aliphatic carbocycles. The maximum absolute atomic E-state index is 13.9. The van der Waals surface area contributed by atoms with Crippen molar-refractivity contribution in [1.82, 2.24) is 15.5 Å². The quantitative estimate of drug-likeness (QED) is 0.167. The van der Waals surface area contributed by atoms with Gasteiger partial charge >= 0.3 is 23.1 Å². The van der Waals surface area contributed by atoms with E-state index in [-0.39, 0.29) is 58.8 Å². The normalized spacial score (nSPS) is 25.6. The number of amides is 2. The number of hydrogen-bond donors (Lipinski definition) is 2. The first kappa shape index (κ1) is 48.3. The number of rotatable bonds is 12. The van der Waals surface area contributed by atoms with Gasteiger partial charge in [0.1, 0.15) is 23.7 Å². The van der Waals surface area contributed by atoms with Gasteiger partial charge in [-0.2, -0.15) is 0 Å². The van der Waals surface area contributed by atoms with Crippen LogP contribution in [0.5, 0.6) is 11.5 Å². The molecule has 2 aromatic rings. The molecule has 4 heterocycles. The van der Waals surface area contributed by atoms with Crippen LogP contribution in [0.1, 0.15) is 108 Å². The zero-order valence-corrected chi connectivity index (χ0v) is 41.5. The second kappa shape index (κ2) is 18.8. The number of esters is 1. The topological polar surface area (TPSA) is 168 Å². The lowest BCUT2D eigenvalue weighted by Crippen LogP contribution is -2.66. The largest absolute Gasteiger partial charge is 0.484 e. The Bertz CT molecular complexity index is 2000. The average molecular weight is 908 g/mol. The Morgan fingerprint density at radius 3 is 1.84 bits per heavy atom. The fourth-order valence-corrected chi connectivity index (χ4v) is 19.9. The summed E-state index contributed by atoms with van der Waals surface area (Å²) in [5, 5.41) is 5.34. The summed E-state index contributed by atoms with van der Waals surface area (Å²) in [4.78, 5) is 51.6. The zero-order chi connectivity index (χ0) is 46.2. The predicted molar refractivity (Wildman–Crippen MR) is 245 cm³/mol. The van der Waals surface area contributed by atoms with E-state index in [0.717, 1.165) is 11.1 Å². The first-order valence-electron chi connectivity index (χ1n) is 22.3. The highest BCUT2D eigenvalue weighted by Gasteiger charge is 2.63. The molecule has 17 heteroatoms. The molecule has 6 rings (SSSR count). The van der Waals surface area contributed by atoms with E-state index in [9.17, 15) is 14.4 Å². The molecule has 346 valence electrons. The fourth-order valence-electron chi connectivity index (χ4n) is 8.67. The second-order valence-corrected chi connectivity index (χ2v) is 29.1. The van der Waals surface area contributed by atoms with Crippen molar-refractivity contribution in [2.45, 2.75) is 167 Å². The molecular weight excluding hydrogens is 839 g/mol. The van der Waals surface area contributed by atoms with Crippen LogP contribution >= 0.6 is 0 Å². The van der Waals surface area contributed by atoms with Gasteiger partial charge < -0.3 is 36.8 Å². The highest BCUT2D eigenvalue weighted by Crippen LogP contribution is 2.48. The van der Waals surface area contributed by atoms with Crippen LogP contribution in [-0.4, -0.2) is 109 Å². The van der Waals surface area contributed by atoms with Gasteiger partial charge in [-0.3, -0.25) is 25.2 Å². The molecule has 63 heavy (non-hydrogen) atoms. The molecule has 2 N–H and O–H groups in total. The van der Waals surface area contributed by atoms with Crippen LogP contribution in [-0.2, 0) is 47.7 Å². The number of carbonyl (C=O) groups excluding carboxylic acids is 3. The van der Waals surface area contributed by atoms with Gasteiger partial charge in [-0.05, 0) is 68.4 Å². The summed E-state index contributed by atoms with van der Waals surface area (Å²) in [5.41, 5.74) is 2.35. The van der Waals surface area contributed by atoms with Gasteiger partial charge in [0.05, 0.1) is 12.9 Å². The minimum Gasteiger partial charge on any atom is -0.484 e. The third-order valence-corrected chi connectivity index (χ3v) is 22.6. The number of carbonyl (C=O) groups is 3. The highest BCUT2D eigenvalue weighted by molar-refractivity contribution is 6.84. The molecule has 4 aliphatic heterocycles. The Balaban J connectivity index is 1.28. The van der Waals surface area contributed by atoms with Crippen LogP contribution in [0.3, 0.4) is 0 Å². The van der Waals surface area contributed by atoms with Crippen LogP contribution in [0.15, 0.2) is 58.5 Å². The van der Waals surface area contributed by atoms with Gasteiger partial charge in [-0.15, -0.1) is 0 Å². The summed E-state index contributed by atoms with van der Waals surface area (Å²) >= 11 is 0. The number of ether oxygens (including phenoxy) is 4. The summed E-state index contributed by atoms with van der Waals surface area (Å²) in [6, 6.07) is 14.2. The van der Waals surface area contributed by atoms with E-state index in [4.69, 9.17) is 36.9 Å². The summed E-state index contributed by atoms with van der Waals surface area (Å²) < 4.78 is 46.8. The van der Waals surface area contributed by atoms with Gasteiger partial charge in [-0.25, -0.2) is 9.79 Å². The Morgan fingerprint density at radius 1 is 0.810 bits per heavy atom. The number of aliphatic imine (C=N–C) groups is 2. The Labute approximate surface area is 375 Å². The maximum atomic E-state index is 13.9. The number of nitrogens with one attached hydrogen (secondary N) is 2. The molecule has 2 amide bonds. The van der Waals surface area contributed by atoms with Crippen LogP contribution in [0.4, 0.5) is 0 Å². The number of fused-ring (bicyclic) bond motifs is 2. The van der Waals surface area contributed by atoms with Crippen molar-refractivity contribution < 1.29 is 46.3 Å². The Hall–Kier alpha value is -4.14. The van der Waals surface area contributed by atoms with Crippen molar-refractivity contribution in [3.63, 3.8) is 0 Å². The minimum absolute atomic E-state index is 0.0126. The van der Waals surface area contributed by atoms with Gasteiger partial charge in [0.25, 0.3) is 11.8 Å². The van der Waals surface area contributed by atoms with Gasteiger partial charge in [0, 0.05) is 0 Å². The first-order valence-corrected chi connectivity index (χ1v) is 26.2. The lowest BCUT2D eigenvalue weighted by Gasteiger charge is -2.51. The van der Waals surface area contributed by atoms with Crippen molar-refractivity contribution >= 4 is 47.2 Å². The molecule has 0 bridgehead atoms. The number of hydrogen-bond acceptors (Lipinski definition) is 13. The van der Waals surface area contributed by atoms with E-state index in [1.54, 1.807) is 4.90 Å². The molecule has 2 unspecified atom stereocenters. The van der Waals surface area contributed by atoms with Crippen molar-refractivity contribution in [3.05, 3.63) is 59.7 Å². The van der Waals surface area contributed by atoms with E-state index in [2.05, 4.69) is 113 Å². The maximum Gasteiger partial charge on any atom is 0.344 e. The van der Waals surface area contributed by atoms with Gasteiger partial charge in [-0.1, -0.05) is 121 Å². The fraction of sp³-hybridized carbons (Fsp3) is 0.630. The molecular formula is C46H69N5O10Si2. The number of guanidine groups is 1. The molecule has 2 saturated heterocycles. The second-order valence-electron chi connectivity index (χ2n) is 20.3. The van der Waals surface area contributed by atoms with E-state index in [0.29, 0.717) is 11.5 Å². The smallest absolute Gasteiger partial charge is 0.344 e. The van der Waals surface area contributed by atoms with Gasteiger partial charge in [0.15, 0.2) is 37.8 Å². The van der Waals surface area contributed by atoms with E-state index < -0.39 is 71.7 Å². The predicted octanol–water partition coefficient (Wildman–Crippen LogP) is 6.97. The Morgan fingerprint density at radius 2 is 1.33 bits per heavy atom. The number of benzene rings is 2. The molecule has 0 saturated carbocycles. The van der Waals surface area contributed by atoms with Crippen LogP contribution in [0.25, 0.3) is 0 Å². The molecule has 6 atom stereocenters. The van der Waals surface area contributed by atoms with Crippen LogP contribution in [0, 0.1) is 0 Å². The van der Waals surface area contributed by atoms with Crippen LogP contribution in [0.2, 0.25) is 22.2 Å². The van der Waals surface area contributed by atoms with Crippen molar-refractivity contribution in [2.75, 3.05) is 19.8 Å². The summed E-state index contributed by atoms with van der Waals surface area (Å²) in [6.07, 6.45) is -3.07. The minimum atomic E-state index is -3.21. The highest BCUT2D eigenvalue weighted by atomic mass is 28.5. The van der Waals surface area contributed by atoms with Crippen molar-refractivity contribution in [3.8, 4) is 11.5 Å². The first-order chi connectivity index (χ1) is 29.4. The van der Waals surface area contributed by atoms with E-state index >= 15 is 0 Å². The lowest BCUT2D eigenvalue weighted by atomic mass is 9.87. The molecule has 2 fully saturated rings. The molecule has 2 aromatic carbocycles. The monoisotopic (exact) mass is 907 g/mol. The summed E-state index contributed by atoms with van der Waals surface area (Å²) in [7, 11) is -6.16. The molecule has 15 nitrogen and oxygen atoms in total.